The minimum absolute atomic E-state index is 0.273. The van der Waals surface area contributed by atoms with Gasteiger partial charge in [-0.3, -0.25) is 0 Å². The van der Waals surface area contributed by atoms with Crippen molar-refractivity contribution in [2.45, 2.75) is 25.6 Å². The molecule has 0 unspecified atom stereocenters. The van der Waals surface area contributed by atoms with Crippen molar-refractivity contribution in [3.63, 3.8) is 0 Å². The Bertz CT molecular complexity index is 701. The Kier molecular flexibility index (Phi) is 7.36. The SMILES string of the molecule is Cc1ccc(C#N)c(O[C@H](CCNC[C@H](O)CO)c2ccccc2)n1. The number of aromatic nitrogens is 1. The molecule has 0 aliphatic carbocycles. The summed E-state index contributed by atoms with van der Waals surface area (Å²) in [6, 6.07) is 15.3. The number of hydrogen-bond donors (Lipinski definition) is 3. The van der Waals surface area contributed by atoms with Crippen LogP contribution in [0.15, 0.2) is 42.5 Å². The van der Waals surface area contributed by atoms with Crippen molar-refractivity contribution in [3.05, 3.63) is 59.3 Å². The van der Waals surface area contributed by atoms with E-state index in [2.05, 4.69) is 16.4 Å². The molecule has 0 bridgehead atoms. The Morgan fingerprint density at radius 3 is 2.68 bits per heavy atom. The van der Waals surface area contributed by atoms with Gasteiger partial charge in [0.05, 0.1) is 12.7 Å². The summed E-state index contributed by atoms with van der Waals surface area (Å²) in [4.78, 5) is 4.34. The number of hydrogen-bond acceptors (Lipinski definition) is 6. The van der Waals surface area contributed by atoms with Crippen LogP contribution in [-0.4, -0.2) is 41.0 Å². The fourth-order valence-corrected chi connectivity index (χ4v) is 2.37. The minimum atomic E-state index is -0.778. The van der Waals surface area contributed by atoms with Crippen molar-refractivity contribution in [1.29, 1.82) is 5.26 Å². The highest BCUT2D eigenvalue weighted by Crippen LogP contribution is 2.26. The van der Waals surface area contributed by atoms with Crippen LogP contribution in [0.25, 0.3) is 0 Å². The Morgan fingerprint density at radius 1 is 1.24 bits per heavy atom. The number of nitrogens with zero attached hydrogens (tertiary/aromatic N) is 2. The van der Waals surface area contributed by atoms with Crippen LogP contribution < -0.4 is 10.1 Å². The summed E-state index contributed by atoms with van der Waals surface area (Å²) < 4.78 is 6.05. The van der Waals surface area contributed by atoms with Crippen LogP contribution in [0.2, 0.25) is 0 Å². The Balaban J connectivity index is 2.10. The second-order valence-electron chi connectivity index (χ2n) is 5.76. The monoisotopic (exact) mass is 341 g/mol. The number of nitrogens with one attached hydrogen (secondary N) is 1. The third-order valence-electron chi connectivity index (χ3n) is 3.72. The molecule has 0 fully saturated rings. The number of rotatable bonds is 9. The van der Waals surface area contributed by atoms with Gasteiger partial charge in [0, 0.05) is 18.7 Å². The van der Waals surface area contributed by atoms with Gasteiger partial charge in [0.1, 0.15) is 17.7 Å². The van der Waals surface area contributed by atoms with E-state index in [-0.39, 0.29) is 12.7 Å². The van der Waals surface area contributed by atoms with Crippen molar-refractivity contribution in [3.8, 4) is 11.9 Å². The molecule has 0 spiro atoms. The molecule has 0 aliphatic rings. The summed E-state index contributed by atoms with van der Waals surface area (Å²) in [5.41, 5.74) is 2.17. The first-order valence-electron chi connectivity index (χ1n) is 8.23. The number of aryl methyl sites for hydroxylation is 1. The number of ether oxygens (including phenoxy) is 1. The number of nitriles is 1. The highest BCUT2D eigenvalue weighted by Gasteiger charge is 2.16. The van der Waals surface area contributed by atoms with Gasteiger partial charge in [0.15, 0.2) is 0 Å². The maximum Gasteiger partial charge on any atom is 0.232 e. The predicted octanol–water partition coefficient (Wildman–Crippen LogP) is 1.71. The zero-order valence-corrected chi connectivity index (χ0v) is 14.2. The first kappa shape index (κ1) is 18.9. The van der Waals surface area contributed by atoms with Crippen molar-refractivity contribution >= 4 is 0 Å². The first-order valence-corrected chi connectivity index (χ1v) is 8.23. The van der Waals surface area contributed by atoms with E-state index in [1.165, 1.54) is 0 Å². The van der Waals surface area contributed by atoms with Gasteiger partial charge in [-0.15, -0.1) is 0 Å². The fraction of sp³-hybridized carbons (Fsp3) is 0.368. The van der Waals surface area contributed by atoms with Gasteiger partial charge >= 0.3 is 0 Å². The van der Waals surface area contributed by atoms with Crippen molar-refractivity contribution < 1.29 is 14.9 Å². The number of benzene rings is 1. The molecular weight excluding hydrogens is 318 g/mol. The molecule has 6 heteroatoms. The molecule has 2 aromatic rings. The molecule has 0 saturated heterocycles. The smallest absolute Gasteiger partial charge is 0.232 e. The third-order valence-corrected chi connectivity index (χ3v) is 3.72. The van der Waals surface area contributed by atoms with Crippen LogP contribution in [0.1, 0.15) is 29.3 Å². The molecule has 0 amide bonds. The fourth-order valence-electron chi connectivity index (χ4n) is 2.37. The third kappa shape index (κ3) is 5.84. The van der Waals surface area contributed by atoms with Gasteiger partial charge in [-0.05, 0) is 31.2 Å². The summed E-state index contributed by atoms with van der Waals surface area (Å²) in [5, 5.41) is 30.6. The lowest BCUT2D eigenvalue weighted by Crippen LogP contribution is -2.31. The van der Waals surface area contributed by atoms with Crippen molar-refractivity contribution in [1.82, 2.24) is 10.3 Å². The topological polar surface area (TPSA) is 98.4 Å². The highest BCUT2D eigenvalue weighted by molar-refractivity contribution is 5.39. The standard InChI is InChI=1S/C19H23N3O3/c1-14-7-8-16(11-20)19(22-14)25-18(15-5-3-2-4-6-15)9-10-21-12-17(24)13-23/h2-8,17-18,21,23-24H,9-10,12-13H2,1H3/t17-,18+/m0/s1. The molecule has 2 rings (SSSR count). The second kappa shape index (κ2) is 9.74. The molecule has 0 aliphatic heterocycles. The van der Waals surface area contributed by atoms with E-state index in [0.29, 0.717) is 31.0 Å². The maximum absolute atomic E-state index is 9.38. The summed E-state index contributed by atoms with van der Waals surface area (Å²) in [5.74, 6) is 0.326. The number of aliphatic hydroxyl groups excluding tert-OH is 2. The van der Waals surface area contributed by atoms with Crippen molar-refractivity contribution in [2.24, 2.45) is 0 Å². The van der Waals surface area contributed by atoms with E-state index in [0.717, 1.165) is 11.3 Å². The molecule has 3 N–H and O–H groups in total. The molecule has 0 radical (unpaired) electrons. The van der Waals surface area contributed by atoms with E-state index < -0.39 is 6.10 Å². The molecule has 1 heterocycles. The Labute approximate surface area is 147 Å². The lowest BCUT2D eigenvalue weighted by atomic mass is 10.1. The molecule has 2 atom stereocenters. The second-order valence-corrected chi connectivity index (χ2v) is 5.76. The van der Waals surface area contributed by atoms with Crippen LogP contribution in [0, 0.1) is 18.3 Å². The molecule has 6 nitrogen and oxygen atoms in total. The van der Waals surface area contributed by atoms with Crippen LogP contribution >= 0.6 is 0 Å². The molecule has 25 heavy (non-hydrogen) atoms. The van der Waals surface area contributed by atoms with Crippen LogP contribution in [0.4, 0.5) is 0 Å². The van der Waals surface area contributed by atoms with Gasteiger partial charge in [0.2, 0.25) is 5.88 Å². The first-order chi connectivity index (χ1) is 12.1. The van der Waals surface area contributed by atoms with Gasteiger partial charge in [-0.25, -0.2) is 4.98 Å². The maximum atomic E-state index is 9.38. The molecule has 0 saturated carbocycles. The zero-order chi connectivity index (χ0) is 18.1. The lowest BCUT2D eigenvalue weighted by molar-refractivity contribution is 0.0932. The van der Waals surface area contributed by atoms with Gasteiger partial charge in [-0.1, -0.05) is 30.3 Å². The van der Waals surface area contributed by atoms with Crippen LogP contribution in [-0.2, 0) is 0 Å². The van der Waals surface area contributed by atoms with E-state index >= 15 is 0 Å². The van der Waals surface area contributed by atoms with E-state index in [4.69, 9.17) is 9.84 Å². The number of aliphatic hydroxyl groups is 2. The molecular formula is C19H23N3O3. The van der Waals surface area contributed by atoms with Gasteiger partial charge in [0.25, 0.3) is 0 Å². The summed E-state index contributed by atoms with van der Waals surface area (Å²) >= 11 is 0. The van der Waals surface area contributed by atoms with E-state index in [1.54, 1.807) is 12.1 Å². The molecule has 1 aromatic heterocycles. The van der Waals surface area contributed by atoms with Crippen LogP contribution in [0.5, 0.6) is 5.88 Å². The Hall–Kier alpha value is -2.46. The van der Waals surface area contributed by atoms with Crippen LogP contribution in [0.3, 0.4) is 0 Å². The lowest BCUT2D eigenvalue weighted by Gasteiger charge is -2.20. The summed E-state index contributed by atoms with van der Waals surface area (Å²) in [6.07, 6.45) is -0.427. The van der Waals surface area contributed by atoms with Crippen molar-refractivity contribution in [2.75, 3.05) is 19.7 Å². The van der Waals surface area contributed by atoms with Gasteiger partial charge < -0.3 is 20.3 Å². The predicted molar refractivity (Wildman–Crippen MR) is 94.1 cm³/mol. The molecule has 1 aromatic carbocycles. The quantitative estimate of drug-likeness (QED) is 0.601. The largest absolute Gasteiger partial charge is 0.468 e. The minimum Gasteiger partial charge on any atom is -0.468 e. The number of pyridine rings is 1. The summed E-state index contributed by atoms with van der Waals surface area (Å²) in [6.45, 7) is 2.47. The normalized spacial score (nSPS) is 13.0. The molecule has 132 valence electrons. The average Bonchev–Trinajstić information content (AvgIpc) is 2.64. The van der Waals surface area contributed by atoms with Gasteiger partial charge in [-0.2, -0.15) is 5.26 Å². The van der Waals surface area contributed by atoms with E-state index in [1.807, 2.05) is 37.3 Å². The average molecular weight is 341 g/mol. The highest BCUT2D eigenvalue weighted by atomic mass is 16.5. The zero-order valence-electron chi connectivity index (χ0n) is 14.2. The summed E-state index contributed by atoms with van der Waals surface area (Å²) in [7, 11) is 0. The Morgan fingerprint density at radius 2 is 2.00 bits per heavy atom. The van der Waals surface area contributed by atoms with E-state index in [9.17, 15) is 10.4 Å².